The summed E-state index contributed by atoms with van der Waals surface area (Å²) in [5.74, 6) is 0. The number of ether oxygens (including phenoxy) is 2. The summed E-state index contributed by atoms with van der Waals surface area (Å²) in [6.45, 7) is 12.5. The summed E-state index contributed by atoms with van der Waals surface area (Å²) in [6, 6.07) is 0.386. The van der Waals surface area contributed by atoms with Crippen molar-refractivity contribution in [2.75, 3.05) is 33.4 Å². The van der Waals surface area contributed by atoms with E-state index in [1.165, 1.54) is 0 Å². The predicted molar refractivity (Wildman–Crippen MR) is 77.4 cm³/mol. The monoisotopic (exact) mass is 274 g/mol. The Morgan fingerprint density at radius 2 is 2.00 bits per heavy atom. The van der Waals surface area contributed by atoms with Crippen LogP contribution in [0.5, 0.6) is 0 Å². The summed E-state index contributed by atoms with van der Waals surface area (Å²) in [6.07, 6.45) is 0.719. The second kappa shape index (κ2) is 9.15. The highest BCUT2D eigenvalue weighted by atomic mass is 16.6. The maximum absolute atomic E-state index is 11.9. The van der Waals surface area contributed by atoms with Crippen LogP contribution in [0.3, 0.4) is 0 Å². The summed E-state index contributed by atoms with van der Waals surface area (Å²) >= 11 is 0. The lowest BCUT2D eigenvalue weighted by Crippen LogP contribution is -2.41. The molecule has 5 heteroatoms. The molecule has 0 spiro atoms. The van der Waals surface area contributed by atoms with E-state index in [2.05, 4.69) is 12.2 Å². The Labute approximate surface area is 117 Å². The van der Waals surface area contributed by atoms with Crippen LogP contribution in [-0.4, -0.2) is 56.0 Å². The number of amides is 1. The molecule has 0 fully saturated rings. The minimum Gasteiger partial charge on any atom is -0.444 e. The molecule has 0 saturated carbocycles. The fourth-order valence-corrected chi connectivity index (χ4v) is 1.55. The van der Waals surface area contributed by atoms with Crippen LogP contribution in [0.25, 0.3) is 0 Å². The SMILES string of the molecule is CCN(CCNC(C)CCOC)C(=O)OC(C)(C)C. The van der Waals surface area contributed by atoms with E-state index in [0.29, 0.717) is 19.1 Å². The van der Waals surface area contributed by atoms with E-state index in [1.54, 1.807) is 12.0 Å². The van der Waals surface area contributed by atoms with Gasteiger partial charge in [-0.1, -0.05) is 0 Å². The van der Waals surface area contributed by atoms with Gasteiger partial charge in [0.1, 0.15) is 5.60 Å². The predicted octanol–water partition coefficient (Wildman–Crippen LogP) is 2.26. The smallest absolute Gasteiger partial charge is 0.410 e. The highest BCUT2D eigenvalue weighted by molar-refractivity contribution is 5.68. The summed E-state index contributed by atoms with van der Waals surface area (Å²) in [5.41, 5.74) is -0.441. The minimum atomic E-state index is -0.441. The first-order valence-corrected chi connectivity index (χ1v) is 7.00. The van der Waals surface area contributed by atoms with Crippen molar-refractivity contribution >= 4 is 6.09 Å². The first-order chi connectivity index (χ1) is 8.80. The van der Waals surface area contributed by atoms with E-state index >= 15 is 0 Å². The molecule has 1 atom stereocenters. The molecule has 0 saturated heterocycles. The van der Waals surface area contributed by atoms with Crippen molar-refractivity contribution in [1.82, 2.24) is 10.2 Å². The summed E-state index contributed by atoms with van der Waals surface area (Å²) in [7, 11) is 1.70. The number of nitrogens with zero attached hydrogens (tertiary/aromatic N) is 1. The fourth-order valence-electron chi connectivity index (χ4n) is 1.55. The molecule has 0 rings (SSSR count). The van der Waals surface area contributed by atoms with Gasteiger partial charge in [0.2, 0.25) is 0 Å². The van der Waals surface area contributed by atoms with Crippen LogP contribution < -0.4 is 5.32 Å². The third-order valence-corrected chi connectivity index (χ3v) is 2.66. The van der Waals surface area contributed by atoms with Crippen LogP contribution in [0.4, 0.5) is 4.79 Å². The topological polar surface area (TPSA) is 50.8 Å². The van der Waals surface area contributed by atoms with Crippen molar-refractivity contribution in [3.05, 3.63) is 0 Å². The third-order valence-electron chi connectivity index (χ3n) is 2.66. The standard InChI is InChI=1S/C14H30N2O3/c1-7-16(13(17)19-14(3,4)5)10-9-15-12(2)8-11-18-6/h12,15H,7-11H2,1-6H3. The molecule has 19 heavy (non-hydrogen) atoms. The quantitative estimate of drug-likeness (QED) is 0.737. The van der Waals surface area contributed by atoms with Crippen LogP contribution in [-0.2, 0) is 9.47 Å². The number of carbonyl (C=O) groups is 1. The molecule has 0 aromatic rings. The molecule has 5 nitrogen and oxygen atoms in total. The summed E-state index contributed by atoms with van der Waals surface area (Å²) < 4.78 is 10.4. The Kier molecular flexibility index (Phi) is 8.76. The van der Waals surface area contributed by atoms with Crippen LogP contribution >= 0.6 is 0 Å². The van der Waals surface area contributed by atoms with Crippen LogP contribution in [0.1, 0.15) is 41.0 Å². The number of methoxy groups -OCH3 is 1. The number of hydrogen-bond donors (Lipinski definition) is 1. The van der Waals surface area contributed by atoms with Gasteiger partial charge in [0.15, 0.2) is 0 Å². The number of nitrogens with one attached hydrogen (secondary N) is 1. The lowest BCUT2D eigenvalue weighted by atomic mass is 10.2. The highest BCUT2D eigenvalue weighted by Gasteiger charge is 2.20. The van der Waals surface area contributed by atoms with Gasteiger partial charge in [0.25, 0.3) is 0 Å². The van der Waals surface area contributed by atoms with E-state index in [0.717, 1.165) is 19.6 Å². The second-order valence-electron chi connectivity index (χ2n) is 5.70. The van der Waals surface area contributed by atoms with Crippen molar-refractivity contribution in [1.29, 1.82) is 0 Å². The normalized spacial score (nSPS) is 13.2. The molecule has 0 radical (unpaired) electrons. The van der Waals surface area contributed by atoms with Crippen molar-refractivity contribution in [3.8, 4) is 0 Å². The zero-order valence-electron chi connectivity index (χ0n) is 13.3. The van der Waals surface area contributed by atoms with Crippen molar-refractivity contribution in [2.45, 2.75) is 52.7 Å². The minimum absolute atomic E-state index is 0.249. The number of hydrogen-bond acceptors (Lipinski definition) is 4. The molecule has 1 amide bonds. The fraction of sp³-hybridized carbons (Fsp3) is 0.929. The Balaban J connectivity index is 3.96. The van der Waals surface area contributed by atoms with Gasteiger partial charge in [0, 0.05) is 39.4 Å². The Morgan fingerprint density at radius 1 is 1.37 bits per heavy atom. The molecule has 0 aliphatic rings. The molecule has 0 aliphatic carbocycles. The van der Waals surface area contributed by atoms with E-state index < -0.39 is 5.60 Å². The summed E-state index contributed by atoms with van der Waals surface area (Å²) in [4.78, 5) is 13.6. The van der Waals surface area contributed by atoms with Crippen molar-refractivity contribution in [3.63, 3.8) is 0 Å². The van der Waals surface area contributed by atoms with E-state index in [1.807, 2.05) is 27.7 Å². The average molecular weight is 274 g/mol. The van der Waals surface area contributed by atoms with E-state index in [4.69, 9.17) is 9.47 Å². The van der Waals surface area contributed by atoms with Gasteiger partial charge in [0.05, 0.1) is 0 Å². The number of carbonyl (C=O) groups excluding carboxylic acids is 1. The molecule has 0 aromatic carbocycles. The highest BCUT2D eigenvalue weighted by Crippen LogP contribution is 2.09. The maximum atomic E-state index is 11.9. The molecule has 0 aliphatic heterocycles. The van der Waals surface area contributed by atoms with Crippen LogP contribution in [0, 0.1) is 0 Å². The molecular formula is C14H30N2O3. The van der Waals surface area contributed by atoms with Gasteiger partial charge in [-0.25, -0.2) is 4.79 Å². The van der Waals surface area contributed by atoms with Gasteiger partial charge >= 0.3 is 6.09 Å². The molecule has 114 valence electrons. The Bertz CT molecular complexity index is 252. The molecule has 1 unspecified atom stereocenters. The first kappa shape index (κ1) is 18.2. The molecule has 0 bridgehead atoms. The average Bonchev–Trinajstić information content (AvgIpc) is 2.29. The van der Waals surface area contributed by atoms with E-state index in [9.17, 15) is 4.79 Å². The Hall–Kier alpha value is -0.810. The largest absolute Gasteiger partial charge is 0.444 e. The molecule has 0 aromatic heterocycles. The lowest BCUT2D eigenvalue weighted by molar-refractivity contribution is 0.0260. The lowest BCUT2D eigenvalue weighted by Gasteiger charge is -2.27. The third kappa shape index (κ3) is 9.73. The van der Waals surface area contributed by atoms with Gasteiger partial charge < -0.3 is 19.7 Å². The van der Waals surface area contributed by atoms with E-state index in [-0.39, 0.29) is 6.09 Å². The van der Waals surface area contributed by atoms with Crippen molar-refractivity contribution in [2.24, 2.45) is 0 Å². The van der Waals surface area contributed by atoms with Crippen molar-refractivity contribution < 1.29 is 14.3 Å². The maximum Gasteiger partial charge on any atom is 0.410 e. The zero-order valence-corrected chi connectivity index (χ0v) is 13.3. The molecule has 1 N–H and O–H groups in total. The number of likely N-dealkylation sites (N-methyl/N-ethyl adjacent to an activating group) is 1. The van der Waals surface area contributed by atoms with Gasteiger partial charge in [-0.3, -0.25) is 0 Å². The second-order valence-corrected chi connectivity index (χ2v) is 5.70. The molecular weight excluding hydrogens is 244 g/mol. The Morgan fingerprint density at radius 3 is 2.47 bits per heavy atom. The van der Waals surface area contributed by atoms with Gasteiger partial charge in [-0.05, 0) is 41.0 Å². The zero-order chi connectivity index (χ0) is 14.9. The van der Waals surface area contributed by atoms with Crippen LogP contribution in [0.15, 0.2) is 0 Å². The number of rotatable bonds is 8. The van der Waals surface area contributed by atoms with Crippen LogP contribution in [0.2, 0.25) is 0 Å². The summed E-state index contributed by atoms with van der Waals surface area (Å²) in [5, 5.41) is 3.37. The molecule has 0 heterocycles. The first-order valence-electron chi connectivity index (χ1n) is 7.00. The van der Waals surface area contributed by atoms with Gasteiger partial charge in [-0.2, -0.15) is 0 Å². The van der Waals surface area contributed by atoms with Gasteiger partial charge in [-0.15, -0.1) is 0 Å².